The van der Waals surface area contributed by atoms with E-state index in [4.69, 9.17) is 0 Å². The van der Waals surface area contributed by atoms with Crippen LogP contribution in [0.2, 0.25) is 0 Å². The molecule has 5 rings (SSSR count). The number of fused-ring (bicyclic) bond motifs is 1. The first-order valence-electron chi connectivity index (χ1n) is 9.02. The van der Waals surface area contributed by atoms with Crippen molar-refractivity contribution < 1.29 is 4.79 Å². The molecule has 0 radical (unpaired) electrons. The predicted octanol–water partition coefficient (Wildman–Crippen LogP) is 3.13. The number of carbonyl (C=O) groups excluding carboxylic acids is 1. The zero-order chi connectivity index (χ0) is 17.7. The van der Waals surface area contributed by atoms with Gasteiger partial charge in [0.05, 0.1) is 0 Å². The summed E-state index contributed by atoms with van der Waals surface area (Å²) in [7, 11) is 0. The molecule has 1 aliphatic carbocycles. The topological polar surface area (TPSA) is 63.9 Å². The fourth-order valence-electron chi connectivity index (χ4n) is 3.60. The zero-order valence-corrected chi connectivity index (χ0v) is 14.5. The number of carbonyl (C=O) groups is 1. The van der Waals surface area contributed by atoms with E-state index >= 15 is 0 Å². The standard InChI is InChI=1S/C20H19N5O/c1-13-12-15-6-2-3-7-16(15)24(13)20(26)19-22-18(14-9-10-14)23-25(19)17-8-4-5-11-21-17/h2-8,11,13-14H,9-10,12H2,1H3. The van der Waals surface area contributed by atoms with Crippen LogP contribution in [0.4, 0.5) is 5.69 Å². The third-order valence-corrected chi connectivity index (χ3v) is 5.05. The molecule has 1 aliphatic heterocycles. The van der Waals surface area contributed by atoms with Gasteiger partial charge in [0.1, 0.15) is 0 Å². The van der Waals surface area contributed by atoms with Crippen LogP contribution in [0, 0.1) is 0 Å². The zero-order valence-electron chi connectivity index (χ0n) is 14.5. The van der Waals surface area contributed by atoms with Crippen LogP contribution in [0.25, 0.3) is 5.82 Å². The van der Waals surface area contributed by atoms with E-state index < -0.39 is 0 Å². The first-order valence-corrected chi connectivity index (χ1v) is 9.02. The number of para-hydroxylation sites is 1. The fraction of sp³-hybridized carbons (Fsp3) is 0.300. The second kappa shape index (κ2) is 5.76. The van der Waals surface area contributed by atoms with Crippen LogP contribution in [0.3, 0.4) is 0 Å². The van der Waals surface area contributed by atoms with Crippen LogP contribution in [-0.4, -0.2) is 31.7 Å². The molecule has 0 saturated heterocycles. The number of rotatable bonds is 3. The Hall–Kier alpha value is -3.02. The lowest BCUT2D eigenvalue weighted by atomic mass is 10.1. The maximum absolute atomic E-state index is 13.4. The smallest absolute Gasteiger partial charge is 0.296 e. The Bertz CT molecular complexity index is 977. The van der Waals surface area contributed by atoms with Crippen LogP contribution < -0.4 is 4.90 Å². The van der Waals surface area contributed by atoms with Gasteiger partial charge >= 0.3 is 0 Å². The van der Waals surface area contributed by atoms with E-state index in [-0.39, 0.29) is 11.9 Å². The van der Waals surface area contributed by atoms with E-state index in [1.807, 2.05) is 41.3 Å². The van der Waals surface area contributed by atoms with Crippen molar-refractivity contribution in [2.45, 2.75) is 38.1 Å². The average molecular weight is 345 g/mol. The summed E-state index contributed by atoms with van der Waals surface area (Å²) in [6, 6.07) is 13.8. The van der Waals surface area contributed by atoms with Crippen molar-refractivity contribution in [3.8, 4) is 5.82 Å². The summed E-state index contributed by atoms with van der Waals surface area (Å²) in [5.74, 6) is 1.96. The molecular formula is C20H19N5O. The molecule has 3 heterocycles. The Morgan fingerprint density at radius 1 is 1.12 bits per heavy atom. The highest BCUT2D eigenvalue weighted by atomic mass is 16.2. The highest BCUT2D eigenvalue weighted by molar-refractivity contribution is 6.05. The molecule has 1 unspecified atom stereocenters. The van der Waals surface area contributed by atoms with Crippen molar-refractivity contribution in [1.29, 1.82) is 0 Å². The van der Waals surface area contributed by atoms with Crippen molar-refractivity contribution in [1.82, 2.24) is 19.7 Å². The van der Waals surface area contributed by atoms with Gasteiger partial charge in [-0.3, -0.25) is 4.79 Å². The van der Waals surface area contributed by atoms with Gasteiger partial charge in [0.15, 0.2) is 11.6 Å². The minimum Gasteiger partial charge on any atom is -0.302 e. The number of anilines is 1. The van der Waals surface area contributed by atoms with E-state index in [0.29, 0.717) is 17.6 Å². The van der Waals surface area contributed by atoms with Crippen LogP contribution in [-0.2, 0) is 6.42 Å². The van der Waals surface area contributed by atoms with Gasteiger partial charge in [-0.05, 0) is 49.9 Å². The molecule has 1 amide bonds. The molecule has 26 heavy (non-hydrogen) atoms. The van der Waals surface area contributed by atoms with Gasteiger partial charge in [-0.2, -0.15) is 4.68 Å². The molecule has 0 bridgehead atoms. The minimum absolute atomic E-state index is 0.0955. The van der Waals surface area contributed by atoms with Gasteiger partial charge in [0.2, 0.25) is 5.82 Å². The van der Waals surface area contributed by atoms with E-state index in [1.165, 1.54) is 5.56 Å². The van der Waals surface area contributed by atoms with Crippen molar-refractivity contribution >= 4 is 11.6 Å². The van der Waals surface area contributed by atoms with Gasteiger partial charge in [-0.15, -0.1) is 5.10 Å². The molecule has 1 atom stereocenters. The number of hydrogen-bond donors (Lipinski definition) is 0. The normalized spacial score (nSPS) is 18.8. The van der Waals surface area contributed by atoms with Crippen LogP contribution in [0.15, 0.2) is 48.7 Å². The highest BCUT2D eigenvalue weighted by Gasteiger charge is 2.36. The largest absolute Gasteiger partial charge is 0.302 e. The molecule has 3 aromatic rings. The first-order chi connectivity index (χ1) is 12.7. The quantitative estimate of drug-likeness (QED) is 0.731. The lowest BCUT2D eigenvalue weighted by Crippen LogP contribution is -2.37. The number of amides is 1. The van der Waals surface area contributed by atoms with Crippen molar-refractivity contribution in [2.75, 3.05) is 4.90 Å². The van der Waals surface area contributed by atoms with Gasteiger partial charge < -0.3 is 4.90 Å². The van der Waals surface area contributed by atoms with Crippen LogP contribution >= 0.6 is 0 Å². The molecule has 6 nitrogen and oxygen atoms in total. The van der Waals surface area contributed by atoms with Crippen molar-refractivity contribution in [3.63, 3.8) is 0 Å². The Morgan fingerprint density at radius 3 is 2.69 bits per heavy atom. The van der Waals surface area contributed by atoms with Crippen LogP contribution in [0.5, 0.6) is 0 Å². The van der Waals surface area contributed by atoms with E-state index in [9.17, 15) is 4.79 Å². The number of pyridine rings is 1. The summed E-state index contributed by atoms with van der Waals surface area (Å²) in [6.45, 7) is 2.07. The Labute approximate surface area is 151 Å². The summed E-state index contributed by atoms with van der Waals surface area (Å²) in [5.41, 5.74) is 2.16. The van der Waals surface area contributed by atoms with Gasteiger partial charge in [0, 0.05) is 23.8 Å². The van der Waals surface area contributed by atoms with E-state index in [0.717, 1.165) is 30.8 Å². The Balaban J connectivity index is 1.60. The maximum Gasteiger partial charge on any atom is 0.296 e. The highest BCUT2D eigenvalue weighted by Crippen LogP contribution is 2.39. The Morgan fingerprint density at radius 2 is 1.92 bits per heavy atom. The SMILES string of the molecule is CC1Cc2ccccc2N1C(=O)c1nc(C2CC2)nn1-c1ccccn1. The molecular weight excluding hydrogens is 326 g/mol. The Kier molecular flexibility index (Phi) is 3.38. The molecule has 1 aromatic carbocycles. The van der Waals surface area contributed by atoms with Crippen molar-refractivity contribution in [3.05, 3.63) is 65.9 Å². The van der Waals surface area contributed by atoms with Gasteiger partial charge in [0.25, 0.3) is 5.91 Å². The second-order valence-electron chi connectivity index (χ2n) is 7.02. The van der Waals surface area contributed by atoms with E-state index in [2.05, 4.69) is 28.1 Å². The summed E-state index contributed by atoms with van der Waals surface area (Å²) >= 11 is 0. The summed E-state index contributed by atoms with van der Waals surface area (Å²) in [4.78, 5) is 24.3. The lowest BCUT2D eigenvalue weighted by molar-refractivity contribution is 0.0969. The lowest BCUT2D eigenvalue weighted by Gasteiger charge is -2.22. The van der Waals surface area contributed by atoms with Crippen molar-refractivity contribution in [2.24, 2.45) is 0 Å². The van der Waals surface area contributed by atoms with Gasteiger partial charge in [-0.1, -0.05) is 24.3 Å². The monoisotopic (exact) mass is 345 g/mol. The molecule has 2 aliphatic rings. The predicted molar refractivity (Wildman–Crippen MR) is 97.5 cm³/mol. The average Bonchev–Trinajstić information content (AvgIpc) is 3.33. The maximum atomic E-state index is 13.4. The molecule has 130 valence electrons. The minimum atomic E-state index is -0.118. The summed E-state index contributed by atoms with van der Waals surface area (Å²) in [5, 5.41) is 4.61. The van der Waals surface area contributed by atoms with Gasteiger partial charge in [-0.25, -0.2) is 9.97 Å². The third kappa shape index (κ3) is 2.41. The third-order valence-electron chi connectivity index (χ3n) is 5.05. The summed E-state index contributed by atoms with van der Waals surface area (Å²) < 4.78 is 1.60. The molecule has 1 fully saturated rings. The summed E-state index contributed by atoms with van der Waals surface area (Å²) in [6.07, 6.45) is 4.73. The second-order valence-corrected chi connectivity index (χ2v) is 7.02. The fourth-order valence-corrected chi connectivity index (χ4v) is 3.60. The molecule has 6 heteroatoms. The molecule has 1 saturated carbocycles. The molecule has 0 spiro atoms. The molecule has 2 aromatic heterocycles. The molecule has 0 N–H and O–H groups in total. The first kappa shape index (κ1) is 15.3. The number of hydrogen-bond acceptors (Lipinski definition) is 4. The number of benzene rings is 1. The number of nitrogens with zero attached hydrogens (tertiary/aromatic N) is 5. The number of aromatic nitrogens is 4. The van der Waals surface area contributed by atoms with E-state index in [1.54, 1.807) is 10.9 Å². The van der Waals surface area contributed by atoms with Crippen LogP contribution in [0.1, 0.15) is 47.7 Å².